The zero-order chi connectivity index (χ0) is 20.0. The van der Waals surface area contributed by atoms with Crippen molar-refractivity contribution >= 4 is 16.6 Å². The Hall–Kier alpha value is -3.10. The van der Waals surface area contributed by atoms with Crippen molar-refractivity contribution in [3.8, 4) is 17.3 Å². The summed E-state index contributed by atoms with van der Waals surface area (Å²) in [5.74, 6) is 0.259. The fraction of sp³-hybridized carbons (Fsp3) is 0.286. The summed E-state index contributed by atoms with van der Waals surface area (Å²) in [6.45, 7) is 2.72. The van der Waals surface area contributed by atoms with E-state index in [0.29, 0.717) is 16.9 Å². The molecule has 0 radical (unpaired) electrons. The molecule has 1 aliphatic heterocycles. The summed E-state index contributed by atoms with van der Waals surface area (Å²) in [5, 5.41) is 9.23. The van der Waals surface area contributed by atoms with Gasteiger partial charge in [0.15, 0.2) is 23.0 Å². The van der Waals surface area contributed by atoms with Crippen LogP contribution in [0, 0.1) is 5.82 Å². The predicted molar refractivity (Wildman–Crippen MR) is 108 cm³/mol. The van der Waals surface area contributed by atoms with E-state index in [1.807, 2.05) is 28.8 Å². The number of rotatable bonds is 4. The van der Waals surface area contributed by atoms with Gasteiger partial charge in [-0.15, -0.1) is 10.2 Å². The Bertz CT molecular complexity index is 1210. The molecule has 2 N–H and O–H groups in total. The first-order valence-corrected chi connectivity index (χ1v) is 9.57. The van der Waals surface area contributed by atoms with Crippen LogP contribution in [0.1, 0.15) is 12.0 Å². The lowest BCUT2D eigenvalue weighted by Gasteiger charge is -2.15. The summed E-state index contributed by atoms with van der Waals surface area (Å²) in [5.41, 5.74) is 8.68. The number of pyridine rings is 2. The third kappa shape index (κ3) is 3.20. The maximum atomic E-state index is 14.7. The van der Waals surface area contributed by atoms with Crippen LogP contribution in [0.2, 0.25) is 0 Å². The molecule has 1 saturated heterocycles. The Kier molecular flexibility index (Phi) is 4.37. The Balaban J connectivity index is 1.55. The van der Waals surface area contributed by atoms with Crippen molar-refractivity contribution in [3.05, 3.63) is 54.0 Å². The van der Waals surface area contributed by atoms with Gasteiger partial charge >= 0.3 is 0 Å². The quantitative estimate of drug-likeness (QED) is 0.575. The molecule has 8 heteroatoms. The largest absolute Gasteiger partial charge is 0.494 e. The number of nitrogens with two attached hydrogens (primary N) is 1. The molecule has 3 aromatic heterocycles. The van der Waals surface area contributed by atoms with Gasteiger partial charge in [0.2, 0.25) is 0 Å². The monoisotopic (exact) mass is 392 g/mol. The lowest BCUT2D eigenvalue weighted by Crippen LogP contribution is -2.26. The van der Waals surface area contributed by atoms with Crippen molar-refractivity contribution in [2.45, 2.75) is 19.0 Å². The van der Waals surface area contributed by atoms with Crippen LogP contribution in [0.4, 0.5) is 4.39 Å². The van der Waals surface area contributed by atoms with Gasteiger partial charge in [0.1, 0.15) is 11.2 Å². The molecule has 1 atom stereocenters. The van der Waals surface area contributed by atoms with Crippen LogP contribution in [-0.4, -0.2) is 50.7 Å². The summed E-state index contributed by atoms with van der Waals surface area (Å²) >= 11 is 0. The summed E-state index contributed by atoms with van der Waals surface area (Å²) < 4.78 is 21.7. The highest BCUT2D eigenvalue weighted by Crippen LogP contribution is 2.27. The number of ether oxygens (including phenoxy) is 1. The molecular weight excluding hydrogens is 371 g/mol. The molecule has 4 heterocycles. The molecule has 0 saturated carbocycles. The summed E-state index contributed by atoms with van der Waals surface area (Å²) in [6, 6.07) is 11.3. The molecule has 148 valence electrons. The van der Waals surface area contributed by atoms with E-state index in [-0.39, 0.29) is 17.3 Å². The molecule has 1 unspecified atom stereocenters. The third-order valence-electron chi connectivity index (χ3n) is 5.39. The second kappa shape index (κ2) is 7.06. The number of nitrogens with zero attached hydrogens (tertiary/aromatic N) is 5. The molecule has 1 aromatic carbocycles. The minimum atomic E-state index is -0.480. The smallest absolute Gasteiger partial charge is 0.191 e. The van der Waals surface area contributed by atoms with E-state index in [9.17, 15) is 4.39 Å². The Morgan fingerprint density at radius 3 is 2.83 bits per heavy atom. The molecule has 0 aliphatic carbocycles. The van der Waals surface area contributed by atoms with Gasteiger partial charge in [-0.25, -0.2) is 9.37 Å². The van der Waals surface area contributed by atoms with E-state index < -0.39 is 5.82 Å². The standard InChI is InChI=1S/C21H21FN6O/c1-29-17-6-4-14-3-5-16(24-20(14)19(17)22)21-26-25-18-7-2-13(11-28(18)21)10-27-9-8-15(23)12-27/h2-7,11,15H,8-10,12,23H2,1H3. The number of benzene rings is 1. The van der Waals surface area contributed by atoms with E-state index in [0.717, 1.165) is 37.3 Å². The molecule has 0 spiro atoms. The Labute approximate surface area is 166 Å². The highest BCUT2D eigenvalue weighted by atomic mass is 19.1. The number of hydrogen-bond donors (Lipinski definition) is 1. The van der Waals surface area contributed by atoms with Gasteiger partial charge < -0.3 is 10.5 Å². The number of aromatic nitrogens is 4. The molecule has 4 aromatic rings. The van der Waals surface area contributed by atoms with E-state index in [2.05, 4.69) is 26.1 Å². The second-order valence-electron chi connectivity index (χ2n) is 7.42. The zero-order valence-corrected chi connectivity index (χ0v) is 16.0. The minimum absolute atomic E-state index is 0.166. The molecule has 0 bridgehead atoms. The van der Waals surface area contributed by atoms with Gasteiger partial charge in [0.05, 0.1) is 7.11 Å². The van der Waals surface area contributed by atoms with Crippen molar-refractivity contribution in [3.63, 3.8) is 0 Å². The number of halogens is 1. The summed E-state index contributed by atoms with van der Waals surface area (Å²) in [4.78, 5) is 6.85. The zero-order valence-electron chi connectivity index (χ0n) is 16.0. The Morgan fingerprint density at radius 2 is 2.03 bits per heavy atom. The Morgan fingerprint density at radius 1 is 1.17 bits per heavy atom. The van der Waals surface area contributed by atoms with Crippen molar-refractivity contribution in [1.29, 1.82) is 0 Å². The molecule has 1 aliphatic rings. The lowest BCUT2D eigenvalue weighted by molar-refractivity contribution is 0.326. The minimum Gasteiger partial charge on any atom is -0.494 e. The molecule has 1 fully saturated rings. The number of hydrogen-bond acceptors (Lipinski definition) is 6. The predicted octanol–water partition coefficient (Wildman–Crippen LogP) is 2.63. The van der Waals surface area contributed by atoms with Crippen LogP contribution in [-0.2, 0) is 6.54 Å². The third-order valence-corrected chi connectivity index (χ3v) is 5.39. The van der Waals surface area contributed by atoms with Crippen molar-refractivity contribution in [2.75, 3.05) is 20.2 Å². The average molecular weight is 392 g/mol. The van der Waals surface area contributed by atoms with Crippen LogP contribution in [0.5, 0.6) is 5.75 Å². The molecular formula is C21H21FN6O. The maximum absolute atomic E-state index is 14.7. The first kappa shape index (κ1) is 18.0. The van der Waals surface area contributed by atoms with Gasteiger partial charge in [0, 0.05) is 37.3 Å². The van der Waals surface area contributed by atoms with E-state index in [1.54, 1.807) is 12.1 Å². The first-order chi connectivity index (χ1) is 14.1. The van der Waals surface area contributed by atoms with Gasteiger partial charge in [-0.2, -0.15) is 0 Å². The normalized spacial score (nSPS) is 17.4. The first-order valence-electron chi connectivity index (χ1n) is 9.57. The van der Waals surface area contributed by atoms with E-state index in [4.69, 9.17) is 10.5 Å². The van der Waals surface area contributed by atoms with Crippen molar-refractivity contribution < 1.29 is 9.13 Å². The van der Waals surface area contributed by atoms with Crippen LogP contribution in [0.3, 0.4) is 0 Å². The van der Waals surface area contributed by atoms with E-state index in [1.165, 1.54) is 7.11 Å². The fourth-order valence-corrected chi connectivity index (χ4v) is 3.89. The van der Waals surface area contributed by atoms with Gasteiger partial charge in [-0.05, 0) is 36.2 Å². The van der Waals surface area contributed by atoms with Gasteiger partial charge in [-0.3, -0.25) is 9.30 Å². The van der Waals surface area contributed by atoms with Gasteiger partial charge in [0.25, 0.3) is 0 Å². The topological polar surface area (TPSA) is 81.6 Å². The average Bonchev–Trinajstić information content (AvgIpc) is 3.34. The number of methoxy groups -OCH3 is 1. The number of likely N-dealkylation sites (tertiary alicyclic amines) is 1. The second-order valence-corrected chi connectivity index (χ2v) is 7.42. The molecule has 0 amide bonds. The SMILES string of the molecule is COc1ccc2ccc(-c3nnc4ccc(CN5CCC(N)C5)cn34)nc2c1F. The van der Waals surface area contributed by atoms with Crippen molar-refractivity contribution in [1.82, 2.24) is 24.5 Å². The number of fused-ring (bicyclic) bond motifs is 2. The lowest BCUT2D eigenvalue weighted by atomic mass is 10.1. The summed E-state index contributed by atoms with van der Waals surface area (Å²) in [6.07, 6.45) is 3.04. The molecule has 5 rings (SSSR count). The van der Waals surface area contributed by atoms with E-state index >= 15 is 0 Å². The molecule has 29 heavy (non-hydrogen) atoms. The highest BCUT2D eigenvalue weighted by molar-refractivity contribution is 5.83. The van der Waals surface area contributed by atoms with Crippen LogP contribution in [0.15, 0.2) is 42.6 Å². The van der Waals surface area contributed by atoms with Crippen molar-refractivity contribution in [2.24, 2.45) is 5.73 Å². The summed E-state index contributed by atoms with van der Waals surface area (Å²) in [7, 11) is 1.44. The highest BCUT2D eigenvalue weighted by Gasteiger charge is 2.20. The van der Waals surface area contributed by atoms with Crippen LogP contribution >= 0.6 is 0 Å². The van der Waals surface area contributed by atoms with Crippen LogP contribution in [0.25, 0.3) is 28.1 Å². The van der Waals surface area contributed by atoms with Gasteiger partial charge in [-0.1, -0.05) is 12.1 Å². The molecule has 7 nitrogen and oxygen atoms in total. The van der Waals surface area contributed by atoms with Crippen LogP contribution < -0.4 is 10.5 Å². The maximum Gasteiger partial charge on any atom is 0.191 e. The fourth-order valence-electron chi connectivity index (χ4n) is 3.89.